The van der Waals surface area contributed by atoms with E-state index in [-0.39, 0.29) is 12.8 Å². The summed E-state index contributed by atoms with van der Waals surface area (Å²) in [7, 11) is 0. The molecule has 0 aromatic heterocycles. The van der Waals surface area contributed by atoms with E-state index in [1.807, 2.05) is 23.1 Å². The Morgan fingerprint density at radius 3 is 2.61 bits per heavy atom. The summed E-state index contributed by atoms with van der Waals surface area (Å²) < 4.78 is 10.7. The molecule has 2 aliphatic heterocycles. The number of benzene rings is 2. The topological polar surface area (TPSA) is 42.0 Å². The quantitative estimate of drug-likeness (QED) is 0.874. The number of amides is 2. The Bertz CT molecular complexity index is 742. The summed E-state index contributed by atoms with van der Waals surface area (Å²) in [5, 5.41) is 0. The molecule has 1 saturated heterocycles. The molecule has 0 N–H and O–H groups in total. The van der Waals surface area contributed by atoms with Crippen molar-refractivity contribution in [3.05, 3.63) is 53.6 Å². The molecule has 0 atom stereocenters. The van der Waals surface area contributed by atoms with E-state index in [2.05, 4.69) is 31.2 Å². The summed E-state index contributed by atoms with van der Waals surface area (Å²) >= 11 is 0. The molecule has 0 radical (unpaired) electrons. The van der Waals surface area contributed by atoms with Gasteiger partial charge in [-0.15, -0.1) is 0 Å². The SMILES string of the molecule is Cc1ccc(CN2CCN(c3ccc4c(c3)OCO4)C2=O)cc1. The van der Waals surface area contributed by atoms with Crippen LogP contribution < -0.4 is 14.4 Å². The van der Waals surface area contributed by atoms with Gasteiger partial charge < -0.3 is 14.4 Å². The molecule has 0 spiro atoms. The fourth-order valence-corrected chi connectivity index (χ4v) is 2.94. The number of nitrogens with zero attached hydrogens (tertiary/aromatic N) is 2. The molecule has 0 aliphatic carbocycles. The van der Waals surface area contributed by atoms with Crippen LogP contribution in [0.2, 0.25) is 0 Å². The number of urea groups is 1. The van der Waals surface area contributed by atoms with E-state index in [0.717, 1.165) is 23.5 Å². The number of carbonyl (C=O) groups excluding carboxylic acids is 1. The third kappa shape index (κ3) is 2.59. The van der Waals surface area contributed by atoms with Gasteiger partial charge in [-0.2, -0.15) is 0 Å². The molecule has 2 aromatic carbocycles. The van der Waals surface area contributed by atoms with Crippen LogP contribution in [0.25, 0.3) is 0 Å². The van der Waals surface area contributed by atoms with Gasteiger partial charge in [-0.05, 0) is 24.6 Å². The predicted molar refractivity (Wildman–Crippen MR) is 86.9 cm³/mol. The van der Waals surface area contributed by atoms with Crippen molar-refractivity contribution in [2.45, 2.75) is 13.5 Å². The fourth-order valence-electron chi connectivity index (χ4n) is 2.94. The van der Waals surface area contributed by atoms with Gasteiger partial charge in [0.25, 0.3) is 0 Å². The van der Waals surface area contributed by atoms with Crippen molar-refractivity contribution in [1.29, 1.82) is 0 Å². The number of aryl methyl sites for hydroxylation is 1. The predicted octanol–water partition coefficient (Wildman–Crippen LogP) is 3.17. The zero-order valence-electron chi connectivity index (χ0n) is 13.0. The van der Waals surface area contributed by atoms with E-state index in [1.54, 1.807) is 4.90 Å². The zero-order chi connectivity index (χ0) is 15.8. The number of ether oxygens (including phenoxy) is 2. The summed E-state index contributed by atoms with van der Waals surface area (Å²) in [6.07, 6.45) is 0. The Morgan fingerprint density at radius 1 is 1.00 bits per heavy atom. The lowest BCUT2D eigenvalue weighted by molar-refractivity contribution is 0.174. The van der Waals surface area contributed by atoms with Crippen molar-refractivity contribution in [1.82, 2.24) is 4.90 Å². The largest absolute Gasteiger partial charge is 0.454 e. The Balaban J connectivity index is 1.50. The first-order chi connectivity index (χ1) is 11.2. The van der Waals surface area contributed by atoms with E-state index in [9.17, 15) is 4.79 Å². The van der Waals surface area contributed by atoms with Crippen LogP contribution in [0, 0.1) is 6.92 Å². The van der Waals surface area contributed by atoms with Gasteiger partial charge in [0.15, 0.2) is 11.5 Å². The maximum Gasteiger partial charge on any atom is 0.324 e. The number of carbonyl (C=O) groups is 1. The lowest BCUT2D eigenvalue weighted by Gasteiger charge is -2.19. The Kier molecular flexibility index (Phi) is 3.33. The first-order valence-electron chi connectivity index (χ1n) is 7.72. The minimum atomic E-state index is 0.0319. The van der Waals surface area contributed by atoms with Gasteiger partial charge in [-0.3, -0.25) is 4.90 Å². The van der Waals surface area contributed by atoms with Crippen molar-refractivity contribution in [2.24, 2.45) is 0 Å². The summed E-state index contributed by atoms with van der Waals surface area (Å²) in [5.74, 6) is 1.43. The average molecular weight is 310 g/mol. The molecule has 2 aliphatic rings. The van der Waals surface area contributed by atoms with Gasteiger partial charge in [0, 0.05) is 31.4 Å². The van der Waals surface area contributed by atoms with Gasteiger partial charge in [0.1, 0.15) is 0 Å². The number of fused-ring (bicyclic) bond motifs is 1. The van der Waals surface area contributed by atoms with E-state index in [1.165, 1.54) is 5.56 Å². The summed E-state index contributed by atoms with van der Waals surface area (Å²) in [5.41, 5.74) is 3.23. The summed E-state index contributed by atoms with van der Waals surface area (Å²) in [4.78, 5) is 16.3. The van der Waals surface area contributed by atoms with Gasteiger partial charge >= 0.3 is 6.03 Å². The Hall–Kier alpha value is -2.69. The minimum Gasteiger partial charge on any atom is -0.454 e. The second kappa shape index (κ2) is 5.50. The standard InChI is InChI=1S/C18H18N2O3/c1-13-2-4-14(5-3-13)11-19-8-9-20(18(19)21)15-6-7-16-17(10-15)23-12-22-16/h2-7,10H,8-9,11-12H2,1H3. The Labute approximate surface area is 135 Å². The number of rotatable bonds is 3. The van der Waals surface area contributed by atoms with Gasteiger partial charge in [-0.1, -0.05) is 29.8 Å². The molecule has 2 aromatic rings. The van der Waals surface area contributed by atoms with Crippen LogP contribution in [0.5, 0.6) is 11.5 Å². The van der Waals surface area contributed by atoms with Gasteiger partial charge in [-0.25, -0.2) is 4.79 Å². The normalized spacial score (nSPS) is 16.3. The summed E-state index contributed by atoms with van der Waals surface area (Å²) in [6.45, 7) is 4.35. The molecular formula is C18H18N2O3. The fraction of sp³-hybridized carbons (Fsp3) is 0.278. The minimum absolute atomic E-state index is 0.0319. The second-order valence-corrected chi connectivity index (χ2v) is 5.88. The van der Waals surface area contributed by atoms with Crippen LogP contribution in [0.1, 0.15) is 11.1 Å². The third-order valence-electron chi connectivity index (χ3n) is 4.26. The molecular weight excluding hydrogens is 292 g/mol. The average Bonchev–Trinajstić information content (AvgIpc) is 3.16. The monoisotopic (exact) mass is 310 g/mol. The lowest BCUT2D eigenvalue weighted by Crippen LogP contribution is -2.31. The highest BCUT2D eigenvalue weighted by Crippen LogP contribution is 2.36. The zero-order valence-corrected chi connectivity index (χ0v) is 13.0. The van der Waals surface area contributed by atoms with E-state index in [0.29, 0.717) is 18.8 Å². The van der Waals surface area contributed by atoms with E-state index in [4.69, 9.17) is 9.47 Å². The third-order valence-corrected chi connectivity index (χ3v) is 4.26. The van der Waals surface area contributed by atoms with Crippen LogP contribution in [0.15, 0.2) is 42.5 Å². The van der Waals surface area contributed by atoms with Crippen molar-refractivity contribution in [3.8, 4) is 11.5 Å². The number of anilines is 1. The van der Waals surface area contributed by atoms with Crippen molar-refractivity contribution < 1.29 is 14.3 Å². The molecule has 1 fully saturated rings. The molecule has 4 rings (SSSR count). The molecule has 5 nitrogen and oxygen atoms in total. The molecule has 5 heteroatoms. The molecule has 118 valence electrons. The van der Waals surface area contributed by atoms with Crippen LogP contribution in [0.4, 0.5) is 10.5 Å². The maximum absolute atomic E-state index is 12.7. The number of hydrogen-bond acceptors (Lipinski definition) is 3. The van der Waals surface area contributed by atoms with E-state index >= 15 is 0 Å². The van der Waals surface area contributed by atoms with Crippen LogP contribution in [-0.4, -0.2) is 30.8 Å². The first kappa shape index (κ1) is 13.9. The first-order valence-corrected chi connectivity index (χ1v) is 7.72. The van der Waals surface area contributed by atoms with Gasteiger partial charge in [0.05, 0.1) is 0 Å². The lowest BCUT2D eigenvalue weighted by atomic mass is 10.1. The van der Waals surface area contributed by atoms with Crippen molar-refractivity contribution in [3.63, 3.8) is 0 Å². The van der Waals surface area contributed by atoms with Gasteiger partial charge in [0.2, 0.25) is 6.79 Å². The molecule has 0 unspecified atom stereocenters. The van der Waals surface area contributed by atoms with Crippen molar-refractivity contribution in [2.75, 3.05) is 24.8 Å². The highest BCUT2D eigenvalue weighted by molar-refractivity contribution is 5.94. The Morgan fingerprint density at radius 2 is 1.78 bits per heavy atom. The molecule has 0 bridgehead atoms. The summed E-state index contributed by atoms with van der Waals surface area (Å²) in [6, 6.07) is 14.0. The maximum atomic E-state index is 12.7. The second-order valence-electron chi connectivity index (χ2n) is 5.88. The smallest absolute Gasteiger partial charge is 0.324 e. The van der Waals surface area contributed by atoms with Crippen LogP contribution >= 0.6 is 0 Å². The highest BCUT2D eigenvalue weighted by Gasteiger charge is 2.30. The van der Waals surface area contributed by atoms with Crippen LogP contribution in [0.3, 0.4) is 0 Å². The molecule has 23 heavy (non-hydrogen) atoms. The van der Waals surface area contributed by atoms with Crippen molar-refractivity contribution >= 4 is 11.7 Å². The van der Waals surface area contributed by atoms with E-state index < -0.39 is 0 Å². The molecule has 0 saturated carbocycles. The number of hydrogen-bond donors (Lipinski definition) is 0. The van der Waals surface area contributed by atoms with Crippen LogP contribution in [-0.2, 0) is 6.54 Å². The highest BCUT2D eigenvalue weighted by atomic mass is 16.7. The molecule has 2 heterocycles. The molecule has 2 amide bonds.